The lowest BCUT2D eigenvalue weighted by atomic mass is 10.1. The maximum atomic E-state index is 12.0. The minimum absolute atomic E-state index is 0.0676. The lowest BCUT2D eigenvalue weighted by Crippen LogP contribution is -2.26. The number of likely N-dealkylation sites (tertiary alicyclic amines) is 1. The van der Waals surface area contributed by atoms with Crippen molar-refractivity contribution in [3.63, 3.8) is 0 Å². The second kappa shape index (κ2) is 4.16. The van der Waals surface area contributed by atoms with E-state index < -0.39 is 12.0 Å². The molecule has 1 aliphatic heterocycles. The Labute approximate surface area is 113 Å². The first-order valence-corrected chi connectivity index (χ1v) is 6.00. The van der Waals surface area contributed by atoms with Crippen molar-refractivity contribution in [2.75, 3.05) is 7.05 Å². The average molecular weight is 273 g/mol. The molecule has 20 heavy (non-hydrogen) atoms. The summed E-state index contributed by atoms with van der Waals surface area (Å²) in [6.07, 6.45) is 1.48. The number of aromatic carboxylic acids is 1. The second-order valence-electron chi connectivity index (χ2n) is 4.64. The molecular formula is C13H11N3O4. The molecule has 3 rings (SSSR count). The summed E-state index contributed by atoms with van der Waals surface area (Å²) in [4.78, 5) is 39.9. The molecule has 1 saturated heterocycles. The Morgan fingerprint density at radius 2 is 2.15 bits per heavy atom. The van der Waals surface area contributed by atoms with Crippen molar-refractivity contribution >= 4 is 28.8 Å². The standard InChI is InChI=1S/C13H11N3O4/c1-15-10(17)5-9(12(15)18)16-6-14-11-7(13(19)20)3-2-4-8(11)16/h2-4,6,9H,5H2,1H3,(H,19,20). The van der Waals surface area contributed by atoms with Gasteiger partial charge in [-0.3, -0.25) is 14.5 Å². The maximum Gasteiger partial charge on any atom is 0.337 e. The van der Waals surface area contributed by atoms with Crippen LogP contribution in [0.2, 0.25) is 0 Å². The third-order valence-electron chi connectivity index (χ3n) is 3.53. The minimum Gasteiger partial charge on any atom is -0.478 e. The van der Waals surface area contributed by atoms with Gasteiger partial charge in [0.25, 0.3) is 5.91 Å². The molecule has 2 heterocycles. The third kappa shape index (κ3) is 1.59. The molecule has 0 saturated carbocycles. The fourth-order valence-corrected chi connectivity index (χ4v) is 2.43. The molecule has 7 heteroatoms. The van der Waals surface area contributed by atoms with Crippen molar-refractivity contribution in [1.29, 1.82) is 0 Å². The second-order valence-corrected chi connectivity index (χ2v) is 4.64. The van der Waals surface area contributed by atoms with E-state index in [2.05, 4.69) is 4.98 Å². The van der Waals surface area contributed by atoms with Crippen LogP contribution in [0, 0.1) is 0 Å². The molecule has 2 amide bonds. The van der Waals surface area contributed by atoms with Gasteiger partial charge in [-0.2, -0.15) is 0 Å². The van der Waals surface area contributed by atoms with E-state index in [1.165, 1.54) is 19.4 Å². The maximum absolute atomic E-state index is 12.0. The summed E-state index contributed by atoms with van der Waals surface area (Å²) >= 11 is 0. The average Bonchev–Trinajstić information content (AvgIpc) is 2.95. The van der Waals surface area contributed by atoms with Gasteiger partial charge in [-0.1, -0.05) is 6.07 Å². The topological polar surface area (TPSA) is 92.5 Å². The zero-order valence-electron chi connectivity index (χ0n) is 10.6. The Bertz CT molecular complexity index is 749. The van der Waals surface area contributed by atoms with Gasteiger partial charge in [0.1, 0.15) is 11.6 Å². The predicted octanol–water partition coefficient (Wildman–Crippen LogP) is 0.664. The van der Waals surface area contributed by atoms with Gasteiger partial charge in [0.15, 0.2) is 0 Å². The fourth-order valence-electron chi connectivity index (χ4n) is 2.43. The molecule has 0 spiro atoms. The van der Waals surface area contributed by atoms with Gasteiger partial charge in [0, 0.05) is 7.05 Å². The predicted molar refractivity (Wildman–Crippen MR) is 68.1 cm³/mol. The third-order valence-corrected chi connectivity index (χ3v) is 3.53. The summed E-state index contributed by atoms with van der Waals surface area (Å²) in [5.74, 6) is -1.64. The van der Waals surface area contributed by atoms with E-state index in [4.69, 9.17) is 5.11 Å². The first-order valence-electron chi connectivity index (χ1n) is 6.00. The molecule has 2 aromatic rings. The number of rotatable bonds is 2. The van der Waals surface area contributed by atoms with Gasteiger partial charge in [-0.15, -0.1) is 0 Å². The monoisotopic (exact) mass is 273 g/mol. The lowest BCUT2D eigenvalue weighted by Gasteiger charge is -2.11. The summed E-state index contributed by atoms with van der Waals surface area (Å²) < 4.78 is 1.56. The van der Waals surface area contributed by atoms with Gasteiger partial charge in [-0.25, -0.2) is 9.78 Å². The number of carboxylic acid groups (broad SMARTS) is 1. The van der Waals surface area contributed by atoms with Gasteiger partial charge in [0.05, 0.1) is 23.8 Å². The number of hydrogen-bond donors (Lipinski definition) is 1. The van der Waals surface area contributed by atoms with Crippen LogP contribution in [0.4, 0.5) is 0 Å². The van der Waals surface area contributed by atoms with Crippen molar-refractivity contribution < 1.29 is 19.5 Å². The highest BCUT2D eigenvalue weighted by molar-refractivity contribution is 6.05. The SMILES string of the molecule is CN1C(=O)CC(n2cnc3c(C(=O)O)cccc32)C1=O. The molecule has 0 aliphatic carbocycles. The van der Waals surface area contributed by atoms with Crippen LogP contribution in [0.5, 0.6) is 0 Å². The Balaban J connectivity index is 2.15. The van der Waals surface area contributed by atoms with E-state index in [0.717, 1.165) is 4.90 Å². The highest BCUT2D eigenvalue weighted by Crippen LogP contribution is 2.28. The molecule has 1 fully saturated rings. The molecule has 102 valence electrons. The number of amides is 2. The molecule has 7 nitrogen and oxygen atoms in total. The normalized spacial score (nSPS) is 19.1. The van der Waals surface area contributed by atoms with Crippen LogP contribution in [0.25, 0.3) is 11.0 Å². The number of carbonyl (C=O) groups is 3. The van der Waals surface area contributed by atoms with Gasteiger partial charge < -0.3 is 9.67 Å². The number of imidazole rings is 1. The fraction of sp³-hybridized carbons (Fsp3) is 0.231. The lowest BCUT2D eigenvalue weighted by molar-refractivity contribution is -0.137. The van der Waals surface area contributed by atoms with Crippen molar-refractivity contribution in [2.45, 2.75) is 12.5 Å². The number of aromatic nitrogens is 2. The van der Waals surface area contributed by atoms with Crippen molar-refractivity contribution in [3.8, 4) is 0 Å². The van der Waals surface area contributed by atoms with Gasteiger partial charge >= 0.3 is 5.97 Å². The molecule has 0 bridgehead atoms. The summed E-state index contributed by atoms with van der Waals surface area (Å²) in [7, 11) is 1.44. The molecule has 1 aromatic carbocycles. The number of benzene rings is 1. The van der Waals surface area contributed by atoms with E-state index in [9.17, 15) is 14.4 Å². The first kappa shape index (κ1) is 12.3. The summed E-state index contributed by atoms with van der Waals surface area (Å²) in [5, 5.41) is 9.11. The van der Waals surface area contributed by atoms with Crippen LogP contribution in [0.1, 0.15) is 22.8 Å². The molecule has 1 N–H and O–H groups in total. The van der Waals surface area contributed by atoms with Crippen molar-refractivity contribution in [3.05, 3.63) is 30.1 Å². The number of imide groups is 1. The number of para-hydroxylation sites is 1. The van der Waals surface area contributed by atoms with Crippen LogP contribution < -0.4 is 0 Å². The number of fused-ring (bicyclic) bond motifs is 1. The van der Waals surface area contributed by atoms with Crippen LogP contribution >= 0.6 is 0 Å². The summed E-state index contributed by atoms with van der Waals surface area (Å²) in [6, 6.07) is 4.08. The molecule has 1 atom stereocenters. The largest absolute Gasteiger partial charge is 0.478 e. The Kier molecular flexibility index (Phi) is 2.56. The van der Waals surface area contributed by atoms with E-state index in [1.54, 1.807) is 16.7 Å². The van der Waals surface area contributed by atoms with Gasteiger partial charge in [-0.05, 0) is 12.1 Å². The summed E-state index contributed by atoms with van der Waals surface area (Å²) in [5.41, 5.74) is 0.924. The molecule has 0 radical (unpaired) electrons. The molecule has 1 aromatic heterocycles. The smallest absolute Gasteiger partial charge is 0.337 e. The van der Waals surface area contributed by atoms with Crippen LogP contribution in [-0.4, -0.2) is 44.4 Å². The molecule has 1 unspecified atom stereocenters. The van der Waals surface area contributed by atoms with Gasteiger partial charge in [0.2, 0.25) is 5.91 Å². The Hall–Kier alpha value is -2.70. The highest BCUT2D eigenvalue weighted by atomic mass is 16.4. The highest BCUT2D eigenvalue weighted by Gasteiger charge is 2.37. The van der Waals surface area contributed by atoms with E-state index >= 15 is 0 Å². The zero-order chi connectivity index (χ0) is 14.4. The van der Waals surface area contributed by atoms with E-state index in [-0.39, 0.29) is 23.8 Å². The van der Waals surface area contributed by atoms with E-state index in [0.29, 0.717) is 11.0 Å². The van der Waals surface area contributed by atoms with E-state index in [1.807, 2.05) is 0 Å². The van der Waals surface area contributed by atoms with Crippen LogP contribution in [0.15, 0.2) is 24.5 Å². The van der Waals surface area contributed by atoms with Crippen molar-refractivity contribution in [1.82, 2.24) is 14.5 Å². The first-order chi connectivity index (χ1) is 9.50. The molecule has 1 aliphatic rings. The Morgan fingerprint density at radius 3 is 2.75 bits per heavy atom. The number of hydrogen-bond acceptors (Lipinski definition) is 4. The van der Waals surface area contributed by atoms with Crippen LogP contribution in [-0.2, 0) is 9.59 Å². The van der Waals surface area contributed by atoms with Crippen molar-refractivity contribution in [2.24, 2.45) is 0 Å². The summed E-state index contributed by atoms with van der Waals surface area (Å²) in [6.45, 7) is 0. The minimum atomic E-state index is -1.08. The number of carboxylic acids is 1. The molecular weight excluding hydrogens is 262 g/mol. The zero-order valence-corrected chi connectivity index (χ0v) is 10.6. The number of carbonyl (C=O) groups excluding carboxylic acids is 2. The quantitative estimate of drug-likeness (QED) is 0.811. The number of likely N-dealkylation sites (N-methyl/N-ethyl adjacent to an activating group) is 1. The van der Waals surface area contributed by atoms with Crippen LogP contribution in [0.3, 0.4) is 0 Å². The number of nitrogens with zero attached hydrogens (tertiary/aromatic N) is 3. The Morgan fingerprint density at radius 1 is 1.40 bits per heavy atom.